The second-order valence-electron chi connectivity index (χ2n) is 4.29. The number of phenols is 1. The van der Waals surface area contributed by atoms with Crippen molar-refractivity contribution in [2.24, 2.45) is 0 Å². The van der Waals surface area contributed by atoms with Crippen molar-refractivity contribution in [3.63, 3.8) is 0 Å². The van der Waals surface area contributed by atoms with Crippen molar-refractivity contribution in [1.82, 2.24) is 0 Å². The van der Waals surface area contributed by atoms with Crippen LogP contribution in [0.5, 0.6) is 17.2 Å². The second-order valence-corrected chi connectivity index (χ2v) is 4.70. The molecule has 0 fully saturated rings. The largest absolute Gasteiger partial charge is 0.507 e. The number of anilines is 1. The first kappa shape index (κ1) is 12.9. The maximum Gasteiger partial charge on any atom is 0.231 e. The Kier molecular flexibility index (Phi) is 3.28. The molecule has 2 aromatic rings. The summed E-state index contributed by atoms with van der Waals surface area (Å²) in [6, 6.07) is 7.83. The lowest BCUT2D eigenvalue weighted by Gasteiger charge is -2.10. The van der Waals surface area contributed by atoms with Gasteiger partial charge in [0, 0.05) is 18.2 Å². The van der Waals surface area contributed by atoms with Gasteiger partial charge in [0.1, 0.15) is 5.75 Å². The van der Waals surface area contributed by atoms with Gasteiger partial charge in [-0.3, -0.25) is 0 Å². The molecule has 0 unspecified atom stereocenters. The Bertz CT molecular complexity index is 663. The van der Waals surface area contributed by atoms with Crippen LogP contribution in [0, 0.1) is 5.82 Å². The van der Waals surface area contributed by atoms with Crippen molar-refractivity contribution < 1.29 is 19.0 Å². The summed E-state index contributed by atoms with van der Waals surface area (Å²) in [6.45, 7) is 0.369. The zero-order valence-corrected chi connectivity index (χ0v) is 11.1. The van der Waals surface area contributed by atoms with E-state index in [4.69, 9.17) is 21.1 Å². The van der Waals surface area contributed by atoms with Gasteiger partial charge >= 0.3 is 0 Å². The van der Waals surface area contributed by atoms with Crippen LogP contribution in [0.15, 0.2) is 30.3 Å². The molecule has 2 N–H and O–H groups in total. The molecule has 20 heavy (non-hydrogen) atoms. The molecule has 1 aliphatic rings. The SMILES string of the molecule is Oc1cc2c(cc1CNc1cccc(Cl)c1F)OCO2. The molecule has 0 amide bonds. The third-order valence-electron chi connectivity index (χ3n) is 2.99. The van der Waals surface area contributed by atoms with Gasteiger partial charge in [0.15, 0.2) is 17.3 Å². The van der Waals surface area contributed by atoms with Crippen molar-refractivity contribution in [2.45, 2.75) is 6.54 Å². The Morgan fingerprint density at radius 1 is 1.25 bits per heavy atom. The number of nitrogens with one attached hydrogen (secondary N) is 1. The number of phenolic OH excluding ortho intramolecular Hbond substituents is 1. The van der Waals surface area contributed by atoms with Crippen LogP contribution in [0.1, 0.15) is 5.56 Å². The fourth-order valence-corrected chi connectivity index (χ4v) is 2.12. The Morgan fingerprint density at radius 3 is 2.80 bits per heavy atom. The molecule has 6 heteroatoms. The predicted molar refractivity (Wildman–Crippen MR) is 73.0 cm³/mol. The molecule has 1 heterocycles. The Hall–Kier alpha value is -2.14. The molecule has 0 saturated carbocycles. The third-order valence-corrected chi connectivity index (χ3v) is 3.29. The zero-order valence-electron chi connectivity index (χ0n) is 10.3. The minimum atomic E-state index is -0.519. The lowest BCUT2D eigenvalue weighted by Crippen LogP contribution is -2.02. The number of hydrogen-bond donors (Lipinski definition) is 2. The van der Waals surface area contributed by atoms with Gasteiger partial charge in [-0.2, -0.15) is 0 Å². The molecule has 0 spiro atoms. The maximum atomic E-state index is 13.7. The maximum absolute atomic E-state index is 13.7. The summed E-state index contributed by atoms with van der Waals surface area (Å²) in [6.07, 6.45) is 0. The molecular formula is C14H11ClFNO3. The Labute approximate surface area is 119 Å². The number of aromatic hydroxyl groups is 1. The topological polar surface area (TPSA) is 50.7 Å². The minimum absolute atomic E-state index is 0.0462. The minimum Gasteiger partial charge on any atom is -0.507 e. The summed E-state index contributed by atoms with van der Waals surface area (Å²) < 4.78 is 24.1. The van der Waals surface area contributed by atoms with E-state index in [2.05, 4.69) is 5.32 Å². The fourth-order valence-electron chi connectivity index (χ4n) is 1.95. The molecule has 0 bridgehead atoms. The smallest absolute Gasteiger partial charge is 0.231 e. The van der Waals surface area contributed by atoms with Crippen LogP contribution in [0.2, 0.25) is 5.02 Å². The van der Waals surface area contributed by atoms with Crippen molar-refractivity contribution in [2.75, 3.05) is 12.1 Å². The highest BCUT2D eigenvalue weighted by Gasteiger charge is 2.17. The molecule has 0 aliphatic carbocycles. The van der Waals surface area contributed by atoms with Gasteiger partial charge in [-0.1, -0.05) is 17.7 Å². The number of hydrogen-bond acceptors (Lipinski definition) is 4. The van der Waals surface area contributed by atoms with Crippen LogP contribution in [-0.4, -0.2) is 11.9 Å². The average molecular weight is 296 g/mol. The molecule has 0 saturated heterocycles. The first-order valence-corrected chi connectivity index (χ1v) is 6.32. The second kappa shape index (κ2) is 5.09. The van der Waals surface area contributed by atoms with Crippen molar-refractivity contribution in [3.05, 3.63) is 46.7 Å². The van der Waals surface area contributed by atoms with E-state index in [0.717, 1.165) is 0 Å². The van der Waals surface area contributed by atoms with E-state index < -0.39 is 5.82 Å². The number of benzene rings is 2. The first-order valence-electron chi connectivity index (χ1n) is 5.94. The molecular weight excluding hydrogens is 285 g/mol. The standard InChI is InChI=1S/C14H11ClFNO3/c15-9-2-1-3-10(14(9)16)17-6-8-4-12-13(5-11(8)18)20-7-19-12/h1-5,17-18H,6-7H2. The summed E-state index contributed by atoms with van der Waals surface area (Å²) in [4.78, 5) is 0. The van der Waals surface area contributed by atoms with E-state index in [9.17, 15) is 9.50 Å². The van der Waals surface area contributed by atoms with Gasteiger partial charge in [0.05, 0.1) is 10.7 Å². The molecule has 4 nitrogen and oxygen atoms in total. The normalized spacial score (nSPS) is 12.5. The third kappa shape index (κ3) is 2.32. The van der Waals surface area contributed by atoms with Crippen LogP contribution in [0.3, 0.4) is 0 Å². The Morgan fingerprint density at radius 2 is 2.00 bits per heavy atom. The number of halogens is 2. The van der Waals surface area contributed by atoms with Crippen molar-refractivity contribution >= 4 is 17.3 Å². The van der Waals surface area contributed by atoms with Crippen LogP contribution in [0.25, 0.3) is 0 Å². The highest BCUT2D eigenvalue weighted by molar-refractivity contribution is 6.31. The highest BCUT2D eigenvalue weighted by Crippen LogP contribution is 2.37. The molecule has 0 radical (unpaired) electrons. The van der Waals surface area contributed by atoms with Gasteiger partial charge in [0.2, 0.25) is 6.79 Å². The summed E-state index contributed by atoms with van der Waals surface area (Å²) in [5.74, 6) is 0.602. The van der Waals surface area contributed by atoms with E-state index in [1.807, 2.05) is 0 Å². The summed E-state index contributed by atoms with van der Waals surface area (Å²) in [5, 5.41) is 12.8. The molecule has 1 aliphatic heterocycles. The quantitative estimate of drug-likeness (QED) is 0.909. The summed E-state index contributed by atoms with van der Waals surface area (Å²) >= 11 is 5.70. The fraction of sp³-hybridized carbons (Fsp3) is 0.143. The monoisotopic (exact) mass is 295 g/mol. The van der Waals surface area contributed by atoms with Crippen LogP contribution < -0.4 is 14.8 Å². The molecule has 3 rings (SSSR count). The van der Waals surface area contributed by atoms with Crippen LogP contribution in [-0.2, 0) is 6.54 Å². The molecule has 0 atom stereocenters. The lowest BCUT2D eigenvalue weighted by atomic mass is 10.1. The van der Waals surface area contributed by atoms with Crippen molar-refractivity contribution in [3.8, 4) is 17.2 Å². The predicted octanol–water partition coefficient (Wildman–Crippen LogP) is 3.53. The lowest BCUT2D eigenvalue weighted by molar-refractivity contribution is 0.174. The van der Waals surface area contributed by atoms with Gasteiger partial charge < -0.3 is 19.9 Å². The van der Waals surface area contributed by atoms with E-state index >= 15 is 0 Å². The van der Waals surface area contributed by atoms with Crippen LogP contribution in [0.4, 0.5) is 10.1 Å². The number of fused-ring (bicyclic) bond motifs is 1. The summed E-state index contributed by atoms with van der Waals surface area (Å²) in [7, 11) is 0. The number of ether oxygens (including phenoxy) is 2. The van der Waals surface area contributed by atoms with E-state index in [1.54, 1.807) is 18.2 Å². The van der Waals surface area contributed by atoms with E-state index in [-0.39, 0.29) is 29.8 Å². The van der Waals surface area contributed by atoms with Gasteiger partial charge in [-0.15, -0.1) is 0 Å². The summed E-state index contributed by atoms with van der Waals surface area (Å²) in [5.41, 5.74) is 0.850. The molecule has 104 valence electrons. The van der Waals surface area contributed by atoms with E-state index in [0.29, 0.717) is 17.1 Å². The first-order chi connectivity index (χ1) is 9.65. The molecule has 0 aromatic heterocycles. The number of rotatable bonds is 3. The van der Waals surface area contributed by atoms with Gasteiger partial charge in [0.25, 0.3) is 0 Å². The van der Waals surface area contributed by atoms with Crippen molar-refractivity contribution in [1.29, 1.82) is 0 Å². The van der Waals surface area contributed by atoms with Gasteiger partial charge in [-0.25, -0.2) is 4.39 Å². The van der Waals surface area contributed by atoms with Crippen LogP contribution >= 0.6 is 11.6 Å². The zero-order chi connectivity index (χ0) is 14.1. The highest BCUT2D eigenvalue weighted by atomic mass is 35.5. The van der Waals surface area contributed by atoms with E-state index in [1.165, 1.54) is 12.1 Å². The average Bonchev–Trinajstić information content (AvgIpc) is 2.87. The van der Waals surface area contributed by atoms with Gasteiger partial charge in [-0.05, 0) is 18.2 Å². The molecule has 2 aromatic carbocycles. The Balaban J connectivity index is 1.80.